The van der Waals surface area contributed by atoms with E-state index in [1.54, 1.807) is 0 Å². The summed E-state index contributed by atoms with van der Waals surface area (Å²) in [6, 6.07) is 0. The molecule has 0 spiro atoms. The van der Waals surface area contributed by atoms with E-state index in [0.717, 1.165) is 0 Å². The van der Waals surface area contributed by atoms with Crippen LogP contribution in [0.25, 0.3) is 0 Å². The lowest BCUT2D eigenvalue weighted by Gasteiger charge is -2.13. The molecule has 0 heterocycles. The van der Waals surface area contributed by atoms with Crippen LogP contribution in [0.1, 0.15) is 0 Å². The Morgan fingerprint density at radius 2 is 1.50 bits per heavy atom. The second-order valence-electron chi connectivity index (χ2n) is 1.43. The molecule has 0 unspecified atom stereocenters. The number of hydrogen-bond donors (Lipinski definition) is 0. The van der Waals surface area contributed by atoms with Crippen molar-refractivity contribution >= 4 is 5.97 Å². The fraction of sp³-hybridized carbons (Fsp3) is 0.667. The second-order valence-corrected chi connectivity index (χ2v) is 1.43. The molecule has 12 heavy (non-hydrogen) atoms. The van der Waals surface area contributed by atoms with E-state index >= 15 is 0 Å². The number of halogens is 6. The van der Waals surface area contributed by atoms with Crippen LogP contribution in [0.5, 0.6) is 0 Å². The Hall–Kier alpha value is -0.990. The number of rotatable bonds is 2. The molecule has 3 nitrogen and oxygen atoms in total. The molecule has 0 aliphatic carbocycles. The minimum atomic E-state index is -5.75. The van der Waals surface area contributed by atoms with Crippen molar-refractivity contribution in [3.8, 4) is 0 Å². The summed E-state index contributed by atoms with van der Waals surface area (Å²) < 4.78 is 69.0. The molecule has 9 heteroatoms. The highest BCUT2D eigenvalue weighted by Crippen LogP contribution is 2.28. The van der Waals surface area contributed by atoms with E-state index < -0.39 is 18.4 Å². The van der Waals surface area contributed by atoms with Crippen LogP contribution in [-0.4, -0.2) is 18.4 Å². The molecule has 0 aromatic heterocycles. The highest BCUT2D eigenvalue weighted by Gasteiger charge is 2.53. The van der Waals surface area contributed by atoms with Gasteiger partial charge in [-0.05, 0) is 0 Å². The first kappa shape index (κ1) is 11.0. The molecule has 0 aliphatic rings. The largest absolute Gasteiger partial charge is 0.527 e. The molecule has 72 valence electrons. The van der Waals surface area contributed by atoms with E-state index in [-0.39, 0.29) is 0 Å². The summed E-state index contributed by atoms with van der Waals surface area (Å²) in [7, 11) is 0. The van der Waals surface area contributed by atoms with Gasteiger partial charge in [0, 0.05) is 4.53 Å². The molecule has 0 fully saturated rings. The third-order valence-electron chi connectivity index (χ3n) is 0.552. The molecule has 0 saturated heterocycles. The van der Waals surface area contributed by atoms with Crippen LogP contribution in [0.15, 0.2) is 0 Å². The van der Waals surface area contributed by atoms with E-state index in [4.69, 9.17) is 0 Å². The molecule has 0 atom stereocenters. The monoisotopic (exact) mass is 198 g/mol. The topological polar surface area (TPSA) is 35.5 Å². The molecule has 0 aliphatic heterocycles. The van der Waals surface area contributed by atoms with Gasteiger partial charge in [0.05, 0.1) is 0 Å². The van der Waals surface area contributed by atoms with Crippen molar-refractivity contribution in [3.05, 3.63) is 0 Å². The summed E-state index contributed by atoms with van der Waals surface area (Å²) in [4.78, 5) is 11.4. The van der Waals surface area contributed by atoms with Crippen molar-refractivity contribution in [2.45, 2.75) is 12.5 Å². The Labute approximate surface area is 60.8 Å². The average molecular weight is 198 g/mol. The Morgan fingerprint density at radius 1 is 1.08 bits per heavy atom. The van der Waals surface area contributed by atoms with E-state index in [9.17, 15) is 31.3 Å². The van der Waals surface area contributed by atoms with Crippen LogP contribution < -0.4 is 0 Å². The maximum absolute atomic E-state index is 11.7. The van der Waals surface area contributed by atoms with Gasteiger partial charge in [0.25, 0.3) is 0 Å². The first-order valence-corrected chi connectivity index (χ1v) is 2.17. The normalized spacial score (nSPS) is 12.8. The standard InChI is InChI=1S/C3F6O3/c4-2(5,1(10)11-9)12-3(6,7)8. The quantitative estimate of drug-likeness (QED) is 0.631. The van der Waals surface area contributed by atoms with Gasteiger partial charge in [0.15, 0.2) is 0 Å². The number of hydrogen-bond acceptors (Lipinski definition) is 3. The molecular formula is C3F6O3. The summed E-state index contributed by atoms with van der Waals surface area (Å²) in [6.07, 6.45) is -11.1. The van der Waals surface area contributed by atoms with E-state index in [2.05, 4.69) is 0 Å². The van der Waals surface area contributed by atoms with Crippen LogP contribution in [0.3, 0.4) is 0 Å². The van der Waals surface area contributed by atoms with E-state index in [0.29, 0.717) is 0 Å². The van der Waals surface area contributed by atoms with Crippen molar-refractivity contribution in [1.29, 1.82) is 0 Å². The van der Waals surface area contributed by atoms with Gasteiger partial charge >= 0.3 is 18.4 Å². The number of carbonyl (C=O) groups excluding carboxylic acids is 1. The van der Waals surface area contributed by atoms with Crippen LogP contribution >= 0.6 is 0 Å². The molecule has 0 aromatic carbocycles. The van der Waals surface area contributed by atoms with Gasteiger partial charge in [0.1, 0.15) is 0 Å². The van der Waals surface area contributed by atoms with Gasteiger partial charge in [-0.25, -0.2) is 14.5 Å². The maximum Gasteiger partial charge on any atom is 0.527 e. The predicted octanol–water partition coefficient (Wildman–Crippen LogP) is 1.54. The summed E-state index contributed by atoms with van der Waals surface area (Å²) in [5.74, 6) is -3.07. The lowest BCUT2D eigenvalue weighted by atomic mass is 10.6. The van der Waals surface area contributed by atoms with E-state index in [1.165, 1.54) is 0 Å². The Balaban J connectivity index is 4.32. The van der Waals surface area contributed by atoms with Crippen LogP contribution in [0.2, 0.25) is 0 Å². The maximum atomic E-state index is 11.7. The zero-order valence-corrected chi connectivity index (χ0v) is 4.99. The Kier molecular flexibility index (Phi) is 2.91. The molecule has 0 bridgehead atoms. The second kappa shape index (κ2) is 3.17. The van der Waals surface area contributed by atoms with Crippen molar-refractivity contribution < 1.29 is 41.0 Å². The summed E-state index contributed by atoms with van der Waals surface area (Å²) >= 11 is 0. The number of carbonyl (C=O) groups is 1. The third-order valence-corrected chi connectivity index (χ3v) is 0.552. The highest BCUT2D eigenvalue weighted by atomic mass is 19.4. The molecule has 0 amide bonds. The van der Waals surface area contributed by atoms with Crippen molar-refractivity contribution in [3.63, 3.8) is 0 Å². The van der Waals surface area contributed by atoms with Gasteiger partial charge < -0.3 is 0 Å². The molecule has 0 radical (unpaired) electrons. The highest BCUT2D eigenvalue weighted by molar-refractivity contribution is 5.75. The van der Waals surface area contributed by atoms with Crippen LogP contribution in [0, 0.1) is 0 Å². The molecule has 0 N–H and O–H groups in total. The summed E-state index contributed by atoms with van der Waals surface area (Å²) in [6.45, 7) is 0. The third kappa shape index (κ3) is 3.42. The van der Waals surface area contributed by atoms with E-state index in [1.807, 2.05) is 9.68 Å². The zero-order chi connectivity index (χ0) is 9.99. The minimum absolute atomic E-state index is 1.85. The molecule has 0 aromatic rings. The molecule has 0 rings (SSSR count). The summed E-state index contributed by atoms with van der Waals surface area (Å²) in [5, 5.41) is 0. The van der Waals surface area contributed by atoms with Gasteiger partial charge in [0.2, 0.25) is 0 Å². The van der Waals surface area contributed by atoms with Gasteiger partial charge in [-0.15, -0.1) is 13.2 Å². The van der Waals surface area contributed by atoms with Crippen LogP contribution in [-0.2, 0) is 14.5 Å². The average Bonchev–Trinajstić information content (AvgIpc) is 1.80. The van der Waals surface area contributed by atoms with Gasteiger partial charge in [-0.2, -0.15) is 8.78 Å². The fourth-order valence-electron chi connectivity index (χ4n) is 0.232. The molecular weight excluding hydrogens is 198 g/mol. The lowest BCUT2D eigenvalue weighted by Crippen LogP contribution is -2.37. The van der Waals surface area contributed by atoms with Gasteiger partial charge in [-0.3, -0.25) is 0 Å². The lowest BCUT2D eigenvalue weighted by molar-refractivity contribution is -0.417. The fourth-order valence-corrected chi connectivity index (χ4v) is 0.232. The minimum Gasteiger partial charge on any atom is -0.245 e. The van der Waals surface area contributed by atoms with Crippen molar-refractivity contribution in [2.75, 3.05) is 0 Å². The smallest absolute Gasteiger partial charge is 0.245 e. The predicted molar refractivity (Wildman–Crippen MR) is 19.3 cm³/mol. The SMILES string of the molecule is O=C(OF)C(F)(F)OC(F)(F)F. The van der Waals surface area contributed by atoms with Crippen molar-refractivity contribution in [1.82, 2.24) is 0 Å². The van der Waals surface area contributed by atoms with Gasteiger partial charge in [-0.1, -0.05) is 0 Å². The Bertz CT molecular complexity index is 173. The summed E-state index contributed by atoms with van der Waals surface area (Å²) in [5.41, 5.74) is 0. The first-order chi connectivity index (χ1) is 5.19. The number of ether oxygens (including phenoxy) is 1. The Morgan fingerprint density at radius 3 is 1.75 bits per heavy atom. The van der Waals surface area contributed by atoms with Crippen LogP contribution in [0.4, 0.5) is 26.5 Å². The first-order valence-electron chi connectivity index (χ1n) is 2.17. The number of alkyl halides is 5. The zero-order valence-electron chi connectivity index (χ0n) is 4.99. The van der Waals surface area contributed by atoms with Crippen molar-refractivity contribution in [2.24, 2.45) is 0 Å². The molecule has 0 saturated carbocycles.